The number of hydrogen-bond donors (Lipinski definition) is 1. The van der Waals surface area contributed by atoms with E-state index in [1.807, 2.05) is 50.5 Å². The molecule has 2 aromatic heterocycles. The van der Waals surface area contributed by atoms with Crippen LogP contribution in [-0.2, 0) is 11.8 Å². The third kappa shape index (κ3) is 3.23. The number of aryl methyl sites for hydroxylation is 2. The summed E-state index contributed by atoms with van der Waals surface area (Å²) in [5.41, 5.74) is 4.47. The Morgan fingerprint density at radius 2 is 2.04 bits per heavy atom. The number of amides is 1. The lowest BCUT2D eigenvalue weighted by Crippen LogP contribution is -2.10. The Balaban J connectivity index is 2.01. The van der Waals surface area contributed by atoms with Crippen LogP contribution in [0.1, 0.15) is 25.3 Å². The van der Waals surface area contributed by atoms with E-state index in [1.54, 1.807) is 4.68 Å². The van der Waals surface area contributed by atoms with Gasteiger partial charge in [0.15, 0.2) is 0 Å². The molecule has 0 fully saturated rings. The Hall–Kier alpha value is -2.69. The minimum Gasteiger partial charge on any atom is -0.326 e. The molecule has 0 spiro atoms. The van der Waals surface area contributed by atoms with Crippen molar-refractivity contribution >= 4 is 22.5 Å². The Bertz CT molecular complexity index is 867. The molecular formula is C18H20N4O. The highest BCUT2D eigenvalue weighted by Crippen LogP contribution is 2.25. The monoisotopic (exact) mass is 308 g/mol. The second kappa shape index (κ2) is 6.20. The molecule has 3 rings (SSSR count). The number of carbonyl (C=O) groups is 1. The smallest absolute Gasteiger partial charge is 0.224 e. The van der Waals surface area contributed by atoms with Gasteiger partial charge >= 0.3 is 0 Å². The molecule has 3 aromatic rings. The van der Waals surface area contributed by atoms with Crippen molar-refractivity contribution in [2.24, 2.45) is 7.05 Å². The second-order valence-electron chi connectivity index (χ2n) is 5.73. The van der Waals surface area contributed by atoms with Crippen molar-refractivity contribution in [2.75, 3.05) is 5.32 Å². The predicted octanol–water partition coefficient (Wildman–Crippen LogP) is 3.68. The minimum absolute atomic E-state index is 0.0319. The third-order valence-corrected chi connectivity index (χ3v) is 3.75. The molecular weight excluding hydrogens is 288 g/mol. The molecule has 0 atom stereocenters. The number of benzene rings is 1. The van der Waals surface area contributed by atoms with Crippen molar-refractivity contribution in [3.8, 4) is 11.4 Å². The first-order chi connectivity index (χ1) is 11.1. The van der Waals surface area contributed by atoms with Crippen molar-refractivity contribution in [1.29, 1.82) is 0 Å². The summed E-state index contributed by atoms with van der Waals surface area (Å²) in [5.74, 6) is 0.0319. The van der Waals surface area contributed by atoms with E-state index >= 15 is 0 Å². The van der Waals surface area contributed by atoms with Gasteiger partial charge in [-0.05, 0) is 43.2 Å². The fourth-order valence-corrected chi connectivity index (χ4v) is 2.61. The second-order valence-corrected chi connectivity index (χ2v) is 5.73. The van der Waals surface area contributed by atoms with Crippen LogP contribution >= 0.6 is 0 Å². The minimum atomic E-state index is 0.0319. The molecule has 5 nitrogen and oxygen atoms in total. The van der Waals surface area contributed by atoms with Gasteiger partial charge < -0.3 is 5.32 Å². The zero-order valence-electron chi connectivity index (χ0n) is 13.6. The highest BCUT2D eigenvalue weighted by atomic mass is 16.1. The molecule has 0 bridgehead atoms. The lowest BCUT2D eigenvalue weighted by atomic mass is 10.1. The molecule has 1 aromatic carbocycles. The summed E-state index contributed by atoms with van der Waals surface area (Å²) in [6.07, 6.45) is 3.26. The molecule has 118 valence electrons. The fraction of sp³-hybridized carbons (Fsp3) is 0.278. The van der Waals surface area contributed by atoms with Crippen LogP contribution in [0.2, 0.25) is 0 Å². The molecule has 1 amide bonds. The molecule has 0 aliphatic heterocycles. The van der Waals surface area contributed by atoms with Crippen LogP contribution in [0.25, 0.3) is 22.3 Å². The average Bonchev–Trinajstić information content (AvgIpc) is 2.93. The molecule has 0 unspecified atom stereocenters. The average molecular weight is 308 g/mol. The quantitative estimate of drug-likeness (QED) is 0.799. The zero-order valence-corrected chi connectivity index (χ0v) is 13.6. The van der Waals surface area contributed by atoms with E-state index in [1.165, 1.54) is 0 Å². The Morgan fingerprint density at radius 1 is 1.22 bits per heavy atom. The van der Waals surface area contributed by atoms with Gasteiger partial charge in [0.1, 0.15) is 5.69 Å². The highest BCUT2D eigenvalue weighted by Gasteiger charge is 2.09. The standard InChI is InChI=1S/C18H20N4O/c1-4-5-18(23)19-13-6-7-14-12(2)10-17(20-16(14)11-13)15-8-9-22(3)21-15/h6-11H,4-5H2,1-3H3,(H,19,23). The van der Waals surface area contributed by atoms with E-state index in [4.69, 9.17) is 4.98 Å². The number of carbonyl (C=O) groups excluding carboxylic acids is 1. The van der Waals surface area contributed by atoms with E-state index in [0.717, 1.165) is 40.0 Å². The van der Waals surface area contributed by atoms with E-state index in [9.17, 15) is 4.79 Å². The van der Waals surface area contributed by atoms with Gasteiger partial charge in [-0.1, -0.05) is 13.0 Å². The zero-order chi connectivity index (χ0) is 16.4. The van der Waals surface area contributed by atoms with Crippen LogP contribution in [0.5, 0.6) is 0 Å². The number of anilines is 1. The van der Waals surface area contributed by atoms with Gasteiger partial charge in [-0.3, -0.25) is 9.48 Å². The van der Waals surface area contributed by atoms with Crippen molar-refractivity contribution in [2.45, 2.75) is 26.7 Å². The Morgan fingerprint density at radius 3 is 2.74 bits per heavy atom. The van der Waals surface area contributed by atoms with E-state index < -0.39 is 0 Å². The summed E-state index contributed by atoms with van der Waals surface area (Å²) in [4.78, 5) is 16.5. The summed E-state index contributed by atoms with van der Waals surface area (Å²) in [6.45, 7) is 4.05. The van der Waals surface area contributed by atoms with Crippen molar-refractivity contribution in [1.82, 2.24) is 14.8 Å². The SMILES string of the molecule is CCCC(=O)Nc1ccc2c(C)cc(-c3ccn(C)n3)nc2c1. The number of nitrogens with one attached hydrogen (secondary N) is 1. The maximum atomic E-state index is 11.8. The Kier molecular flexibility index (Phi) is 4.10. The largest absolute Gasteiger partial charge is 0.326 e. The van der Waals surface area contributed by atoms with Crippen LogP contribution in [-0.4, -0.2) is 20.7 Å². The first-order valence-electron chi connectivity index (χ1n) is 7.78. The number of aromatic nitrogens is 3. The lowest BCUT2D eigenvalue weighted by Gasteiger charge is -2.08. The topological polar surface area (TPSA) is 59.8 Å². The molecule has 2 heterocycles. The number of fused-ring (bicyclic) bond motifs is 1. The summed E-state index contributed by atoms with van der Waals surface area (Å²) in [5, 5.41) is 8.41. The Labute approximate surface area is 135 Å². The molecule has 0 radical (unpaired) electrons. The first kappa shape index (κ1) is 15.2. The molecule has 0 saturated carbocycles. The summed E-state index contributed by atoms with van der Waals surface area (Å²) >= 11 is 0. The molecule has 0 saturated heterocycles. The first-order valence-corrected chi connectivity index (χ1v) is 7.78. The molecule has 5 heteroatoms. The van der Waals surface area contributed by atoms with Crippen molar-refractivity contribution in [3.05, 3.63) is 42.1 Å². The van der Waals surface area contributed by atoms with Gasteiger partial charge in [-0.25, -0.2) is 4.98 Å². The summed E-state index contributed by atoms with van der Waals surface area (Å²) < 4.78 is 1.76. The molecule has 0 aliphatic carbocycles. The van der Waals surface area contributed by atoms with Crippen LogP contribution in [0, 0.1) is 6.92 Å². The molecule has 0 aliphatic rings. The van der Waals surface area contributed by atoms with Crippen LogP contribution in [0.15, 0.2) is 36.5 Å². The maximum Gasteiger partial charge on any atom is 0.224 e. The summed E-state index contributed by atoms with van der Waals surface area (Å²) in [7, 11) is 1.89. The van der Waals surface area contributed by atoms with Crippen LogP contribution in [0.4, 0.5) is 5.69 Å². The van der Waals surface area contributed by atoms with Gasteiger partial charge in [0.2, 0.25) is 5.91 Å². The normalized spacial score (nSPS) is 10.9. The number of nitrogens with zero attached hydrogens (tertiary/aromatic N) is 3. The van der Waals surface area contributed by atoms with Gasteiger partial charge in [0.25, 0.3) is 0 Å². The lowest BCUT2D eigenvalue weighted by molar-refractivity contribution is -0.116. The third-order valence-electron chi connectivity index (χ3n) is 3.75. The highest BCUT2D eigenvalue weighted by molar-refractivity contribution is 5.94. The number of rotatable bonds is 4. The van der Waals surface area contributed by atoms with Crippen molar-refractivity contribution in [3.63, 3.8) is 0 Å². The predicted molar refractivity (Wildman–Crippen MR) is 92.2 cm³/mol. The van der Waals surface area contributed by atoms with E-state index in [0.29, 0.717) is 6.42 Å². The summed E-state index contributed by atoms with van der Waals surface area (Å²) in [6, 6.07) is 9.83. The van der Waals surface area contributed by atoms with E-state index in [2.05, 4.69) is 17.3 Å². The number of pyridine rings is 1. The maximum absolute atomic E-state index is 11.8. The van der Waals surface area contributed by atoms with Gasteiger partial charge in [0.05, 0.1) is 11.2 Å². The van der Waals surface area contributed by atoms with Crippen LogP contribution in [0.3, 0.4) is 0 Å². The van der Waals surface area contributed by atoms with Gasteiger partial charge in [-0.2, -0.15) is 5.10 Å². The fourth-order valence-electron chi connectivity index (χ4n) is 2.61. The van der Waals surface area contributed by atoms with E-state index in [-0.39, 0.29) is 5.91 Å². The number of hydrogen-bond acceptors (Lipinski definition) is 3. The van der Waals surface area contributed by atoms with Gasteiger partial charge in [0, 0.05) is 30.7 Å². The molecule has 23 heavy (non-hydrogen) atoms. The molecule has 1 N–H and O–H groups in total. The van der Waals surface area contributed by atoms with Crippen LogP contribution < -0.4 is 5.32 Å². The van der Waals surface area contributed by atoms with Crippen molar-refractivity contribution < 1.29 is 4.79 Å². The van der Waals surface area contributed by atoms with Gasteiger partial charge in [-0.15, -0.1) is 0 Å².